The first-order valence-corrected chi connectivity index (χ1v) is 14.5. The molecule has 0 bridgehead atoms. The lowest BCUT2D eigenvalue weighted by atomic mass is 10.2. The van der Waals surface area contributed by atoms with Crippen LogP contribution in [0.1, 0.15) is 90.9 Å². The third kappa shape index (κ3) is 21.6. The molecule has 0 spiro atoms. The molecule has 0 aliphatic carbocycles. The topological polar surface area (TPSA) is 67.9 Å². The van der Waals surface area contributed by atoms with E-state index in [-0.39, 0.29) is 24.5 Å². The Labute approximate surface area is 226 Å². The maximum absolute atomic E-state index is 12.1. The lowest BCUT2D eigenvalue weighted by Gasteiger charge is -2.26. The predicted molar refractivity (Wildman–Crippen MR) is 153 cm³/mol. The molecule has 1 aliphatic rings. The first kappa shape index (κ1) is 32.8. The SMILES string of the molecule is CCCCCC=CCC=CCC=CCC=CCCCC(=O)NC(C)COC(=O)CCCN1CCOCC1. The zero-order valence-electron chi connectivity index (χ0n) is 23.5. The molecule has 1 unspecified atom stereocenters. The maximum atomic E-state index is 12.1. The summed E-state index contributed by atoms with van der Waals surface area (Å²) in [4.78, 5) is 26.3. The fourth-order valence-corrected chi connectivity index (χ4v) is 3.89. The van der Waals surface area contributed by atoms with Crippen molar-refractivity contribution in [2.75, 3.05) is 39.5 Å². The van der Waals surface area contributed by atoms with Gasteiger partial charge in [-0.2, -0.15) is 0 Å². The lowest BCUT2D eigenvalue weighted by Crippen LogP contribution is -2.37. The Balaban J connectivity index is 1.95. The van der Waals surface area contributed by atoms with Gasteiger partial charge in [0.2, 0.25) is 5.91 Å². The molecule has 1 N–H and O–H groups in total. The van der Waals surface area contributed by atoms with Crippen LogP contribution >= 0.6 is 0 Å². The van der Waals surface area contributed by atoms with Gasteiger partial charge >= 0.3 is 5.97 Å². The van der Waals surface area contributed by atoms with Crippen molar-refractivity contribution in [2.24, 2.45) is 0 Å². The minimum absolute atomic E-state index is 0.00625. The Morgan fingerprint density at radius 2 is 1.43 bits per heavy atom. The number of carbonyl (C=O) groups excluding carboxylic acids is 2. The third-order valence-corrected chi connectivity index (χ3v) is 6.09. The number of ether oxygens (including phenoxy) is 2. The van der Waals surface area contributed by atoms with Gasteiger partial charge in [0.05, 0.1) is 19.3 Å². The molecule has 1 fully saturated rings. The minimum atomic E-state index is -0.199. The van der Waals surface area contributed by atoms with E-state index in [1.165, 1.54) is 25.7 Å². The second kappa shape index (κ2) is 24.2. The Morgan fingerprint density at radius 3 is 2.05 bits per heavy atom. The van der Waals surface area contributed by atoms with Crippen LogP contribution in [-0.2, 0) is 19.1 Å². The number of hydrogen-bond donors (Lipinski definition) is 1. The fourth-order valence-electron chi connectivity index (χ4n) is 3.89. The van der Waals surface area contributed by atoms with E-state index in [2.05, 4.69) is 65.7 Å². The van der Waals surface area contributed by atoms with Crippen LogP contribution in [0.4, 0.5) is 0 Å². The van der Waals surface area contributed by atoms with E-state index < -0.39 is 0 Å². The van der Waals surface area contributed by atoms with Crippen molar-refractivity contribution < 1.29 is 19.1 Å². The molecule has 1 saturated heterocycles. The minimum Gasteiger partial charge on any atom is -0.463 e. The van der Waals surface area contributed by atoms with Gasteiger partial charge in [0.25, 0.3) is 0 Å². The normalized spacial score (nSPS) is 15.8. The van der Waals surface area contributed by atoms with Crippen LogP contribution in [0, 0.1) is 0 Å². The van der Waals surface area contributed by atoms with E-state index in [0.717, 1.165) is 71.4 Å². The van der Waals surface area contributed by atoms with Gasteiger partial charge in [-0.05, 0) is 64.8 Å². The van der Waals surface area contributed by atoms with Gasteiger partial charge in [-0.1, -0.05) is 68.4 Å². The molecular formula is C31H52N2O4. The van der Waals surface area contributed by atoms with Crippen molar-refractivity contribution in [2.45, 2.75) is 96.9 Å². The molecule has 0 saturated carbocycles. The molecule has 1 atom stereocenters. The monoisotopic (exact) mass is 516 g/mol. The van der Waals surface area contributed by atoms with Crippen LogP contribution in [0.5, 0.6) is 0 Å². The summed E-state index contributed by atoms with van der Waals surface area (Å²) in [5.74, 6) is -0.193. The molecule has 1 aliphatic heterocycles. The molecule has 1 rings (SSSR count). The molecule has 210 valence electrons. The van der Waals surface area contributed by atoms with Crippen LogP contribution in [0.3, 0.4) is 0 Å². The van der Waals surface area contributed by atoms with E-state index in [9.17, 15) is 9.59 Å². The average Bonchev–Trinajstić information content (AvgIpc) is 2.90. The number of esters is 1. The second-order valence-corrected chi connectivity index (χ2v) is 9.69. The molecule has 37 heavy (non-hydrogen) atoms. The molecule has 0 aromatic carbocycles. The Morgan fingerprint density at radius 1 is 0.838 bits per heavy atom. The molecule has 1 heterocycles. The zero-order valence-corrected chi connectivity index (χ0v) is 23.5. The lowest BCUT2D eigenvalue weighted by molar-refractivity contribution is -0.145. The number of rotatable bonds is 21. The quantitative estimate of drug-likeness (QED) is 0.110. The summed E-state index contributed by atoms with van der Waals surface area (Å²) in [5.41, 5.74) is 0. The molecule has 6 heteroatoms. The van der Waals surface area contributed by atoms with Gasteiger partial charge in [0.1, 0.15) is 6.61 Å². The van der Waals surface area contributed by atoms with Gasteiger partial charge in [0.15, 0.2) is 0 Å². The van der Waals surface area contributed by atoms with Crippen molar-refractivity contribution in [3.8, 4) is 0 Å². The van der Waals surface area contributed by atoms with Crippen molar-refractivity contribution >= 4 is 11.9 Å². The van der Waals surface area contributed by atoms with E-state index in [1.54, 1.807) is 0 Å². The highest BCUT2D eigenvalue weighted by molar-refractivity contribution is 5.76. The van der Waals surface area contributed by atoms with Gasteiger partial charge in [-0.15, -0.1) is 0 Å². The summed E-state index contributed by atoms with van der Waals surface area (Å²) < 4.78 is 10.6. The maximum Gasteiger partial charge on any atom is 0.305 e. The first-order chi connectivity index (χ1) is 18.1. The second-order valence-electron chi connectivity index (χ2n) is 9.69. The van der Waals surface area contributed by atoms with E-state index in [4.69, 9.17) is 9.47 Å². The fraction of sp³-hybridized carbons (Fsp3) is 0.677. The highest BCUT2D eigenvalue weighted by Crippen LogP contribution is 2.03. The van der Waals surface area contributed by atoms with Gasteiger partial charge in [-0.3, -0.25) is 14.5 Å². The van der Waals surface area contributed by atoms with Gasteiger partial charge < -0.3 is 14.8 Å². The average molecular weight is 517 g/mol. The van der Waals surface area contributed by atoms with Crippen molar-refractivity contribution in [1.82, 2.24) is 10.2 Å². The summed E-state index contributed by atoms with van der Waals surface area (Å²) in [6.45, 7) is 8.62. The largest absolute Gasteiger partial charge is 0.463 e. The number of hydrogen-bond acceptors (Lipinski definition) is 5. The van der Waals surface area contributed by atoms with Crippen LogP contribution < -0.4 is 5.32 Å². The van der Waals surface area contributed by atoms with Crippen molar-refractivity contribution in [1.29, 1.82) is 0 Å². The first-order valence-electron chi connectivity index (χ1n) is 14.5. The molecule has 0 radical (unpaired) electrons. The van der Waals surface area contributed by atoms with Gasteiger partial charge in [-0.25, -0.2) is 0 Å². The predicted octanol–water partition coefficient (Wildman–Crippen LogP) is 6.29. The summed E-state index contributed by atoms with van der Waals surface area (Å²) in [5, 5.41) is 2.91. The van der Waals surface area contributed by atoms with E-state index in [1.807, 2.05) is 6.92 Å². The van der Waals surface area contributed by atoms with E-state index >= 15 is 0 Å². The number of nitrogens with zero attached hydrogens (tertiary/aromatic N) is 1. The molecule has 1 amide bonds. The van der Waals surface area contributed by atoms with E-state index in [0.29, 0.717) is 12.8 Å². The Kier molecular flexibility index (Phi) is 21.5. The number of nitrogens with one attached hydrogen (secondary N) is 1. The van der Waals surface area contributed by atoms with Crippen molar-refractivity contribution in [3.05, 3.63) is 48.6 Å². The van der Waals surface area contributed by atoms with Crippen LogP contribution in [0.2, 0.25) is 0 Å². The number of unbranched alkanes of at least 4 members (excludes halogenated alkanes) is 4. The Hall–Kier alpha value is -2.18. The van der Waals surface area contributed by atoms with Crippen LogP contribution in [-0.4, -0.2) is 62.3 Å². The van der Waals surface area contributed by atoms with Crippen LogP contribution in [0.15, 0.2) is 48.6 Å². The zero-order chi connectivity index (χ0) is 26.8. The van der Waals surface area contributed by atoms with Gasteiger partial charge in [0, 0.05) is 25.9 Å². The number of amides is 1. The number of carbonyl (C=O) groups is 2. The summed E-state index contributed by atoms with van der Waals surface area (Å²) in [6, 6.07) is -0.174. The standard InChI is InChI=1S/C31H52N2O4/c1-3-4-5-6-7-8-9-10-11-12-13-14-15-16-17-18-19-21-30(34)32-29(2)28-37-31(35)22-20-23-33-24-26-36-27-25-33/h7-8,10-11,13-14,16-17,29H,3-6,9,12,15,18-28H2,1-2H3,(H,32,34). The smallest absolute Gasteiger partial charge is 0.305 e. The molecule has 0 aromatic rings. The number of morpholine rings is 1. The molecular weight excluding hydrogens is 464 g/mol. The highest BCUT2D eigenvalue weighted by Gasteiger charge is 2.13. The Bertz CT molecular complexity index is 693. The third-order valence-electron chi connectivity index (χ3n) is 6.09. The van der Waals surface area contributed by atoms with Crippen molar-refractivity contribution in [3.63, 3.8) is 0 Å². The number of allylic oxidation sites excluding steroid dienone is 8. The van der Waals surface area contributed by atoms with Crippen LogP contribution in [0.25, 0.3) is 0 Å². The highest BCUT2D eigenvalue weighted by atomic mass is 16.5. The summed E-state index contributed by atoms with van der Waals surface area (Å²) >= 11 is 0. The molecule has 6 nitrogen and oxygen atoms in total. The summed E-state index contributed by atoms with van der Waals surface area (Å²) in [7, 11) is 0. The summed E-state index contributed by atoms with van der Waals surface area (Å²) in [6.07, 6.45) is 29.0. The molecule has 0 aromatic heterocycles.